The van der Waals surface area contributed by atoms with Gasteiger partial charge in [-0.15, -0.1) is 0 Å². The minimum absolute atomic E-state index is 0.337. The van der Waals surface area contributed by atoms with Crippen LogP contribution in [0.3, 0.4) is 0 Å². The molecule has 0 aromatic heterocycles. The van der Waals surface area contributed by atoms with Crippen LogP contribution in [0.2, 0.25) is 0 Å². The largest absolute Gasteiger partial charge is 0.491 e. The lowest BCUT2D eigenvalue weighted by Gasteiger charge is -2.26. The van der Waals surface area contributed by atoms with Gasteiger partial charge >= 0.3 is 0 Å². The van der Waals surface area contributed by atoms with Crippen LogP contribution < -0.4 is 4.74 Å². The normalized spacial score (nSPS) is 15.5. The SMILES string of the molecule is N#Cc1cccc(OCCN2CCCCC2)c1C#N. The Hall–Kier alpha value is -2.04. The number of ether oxygens (including phenoxy) is 1. The van der Waals surface area contributed by atoms with E-state index in [-0.39, 0.29) is 0 Å². The maximum atomic E-state index is 9.09. The molecule has 1 fully saturated rings. The van der Waals surface area contributed by atoms with Gasteiger partial charge in [0.2, 0.25) is 0 Å². The molecule has 1 aromatic carbocycles. The fourth-order valence-electron chi connectivity index (χ4n) is 2.33. The molecule has 1 aromatic rings. The van der Waals surface area contributed by atoms with Gasteiger partial charge in [-0.1, -0.05) is 12.5 Å². The fourth-order valence-corrected chi connectivity index (χ4v) is 2.33. The van der Waals surface area contributed by atoms with Crippen LogP contribution in [0, 0.1) is 22.7 Å². The van der Waals surface area contributed by atoms with E-state index in [0.717, 1.165) is 19.6 Å². The van der Waals surface area contributed by atoms with Crippen LogP contribution in [0.1, 0.15) is 30.4 Å². The first-order valence-corrected chi connectivity index (χ1v) is 6.63. The van der Waals surface area contributed by atoms with Crippen LogP contribution in [-0.2, 0) is 0 Å². The summed E-state index contributed by atoms with van der Waals surface area (Å²) in [5, 5.41) is 18.0. The van der Waals surface area contributed by atoms with Crippen LogP contribution in [0.25, 0.3) is 0 Å². The molecule has 2 rings (SSSR count). The Balaban J connectivity index is 1.92. The molecule has 0 N–H and O–H groups in total. The molecular weight excluding hydrogens is 238 g/mol. The number of hydrogen-bond acceptors (Lipinski definition) is 4. The molecule has 1 aliphatic rings. The number of benzene rings is 1. The molecule has 0 radical (unpaired) electrons. The second kappa shape index (κ2) is 6.78. The second-order valence-corrected chi connectivity index (χ2v) is 4.65. The topological polar surface area (TPSA) is 60.0 Å². The molecule has 0 unspecified atom stereocenters. The van der Waals surface area contributed by atoms with Crippen molar-refractivity contribution in [2.75, 3.05) is 26.2 Å². The van der Waals surface area contributed by atoms with Crippen molar-refractivity contribution < 1.29 is 4.74 Å². The standard InChI is InChI=1S/C15H17N3O/c16-11-13-5-4-6-15(14(13)12-17)19-10-9-18-7-2-1-3-8-18/h4-6H,1-3,7-10H2. The van der Waals surface area contributed by atoms with Crippen molar-refractivity contribution in [3.8, 4) is 17.9 Å². The Bertz CT molecular complexity index is 507. The molecular formula is C15H17N3O. The predicted octanol–water partition coefficient (Wildman–Crippen LogP) is 2.29. The molecule has 0 spiro atoms. The lowest BCUT2D eigenvalue weighted by atomic mass is 10.1. The van der Waals surface area contributed by atoms with Crippen LogP contribution in [0.5, 0.6) is 5.75 Å². The maximum absolute atomic E-state index is 9.09. The summed E-state index contributed by atoms with van der Waals surface area (Å²) in [7, 11) is 0. The average Bonchev–Trinajstić information content (AvgIpc) is 2.48. The van der Waals surface area contributed by atoms with Crippen molar-refractivity contribution in [2.45, 2.75) is 19.3 Å². The predicted molar refractivity (Wildman–Crippen MR) is 71.7 cm³/mol. The lowest BCUT2D eigenvalue weighted by molar-refractivity contribution is 0.183. The van der Waals surface area contributed by atoms with Crippen molar-refractivity contribution in [2.24, 2.45) is 0 Å². The summed E-state index contributed by atoms with van der Waals surface area (Å²) in [6, 6.07) is 9.18. The average molecular weight is 255 g/mol. The van der Waals surface area contributed by atoms with Crippen molar-refractivity contribution in [3.63, 3.8) is 0 Å². The van der Waals surface area contributed by atoms with Gasteiger partial charge < -0.3 is 4.74 Å². The molecule has 4 heteroatoms. The summed E-state index contributed by atoms with van der Waals surface area (Å²) in [4.78, 5) is 2.38. The lowest BCUT2D eigenvalue weighted by Crippen LogP contribution is -2.33. The van der Waals surface area contributed by atoms with Gasteiger partial charge in [0, 0.05) is 6.54 Å². The minimum Gasteiger partial charge on any atom is -0.491 e. The Morgan fingerprint density at radius 2 is 1.89 bits per heavy atom. The molecule has 1 aliphatic heterocycles. The van der Waals surface area contributed by atoms with Gasteiger partial charge in [0.15, 0.2) is 0 Å². The Morgan fingerprint density at radius 1 is 1.11 bits per heavy atom. The van der Waals surface area contributed by atoms with Crippen molar-refractivity contribution in [1.29, 1.82) is 10.5 Å². The van der Waals surface area contributed by atoms with Crippen molar-refractivity contribution >= 4 is 0 Å². The number of hydrogen-bond donors (Lipinski definition) is 0. The van der Waals surface area contributed by atoms with Crippen LogP contribution in [0.15, 0.2) is 18.2 Å². The molecule has 0 atom stereocenters. The molecule has 98 valence electrons. The zero-order valence-electron chi connectivity index (χ0n) is 10.9. The van der Waals surface area contributed by atoms with Gasteiger partial charge in [-0.2, -0.15) is 10.5 Å². The molecule has 19 heavy (non-hydrogen) atoms. The highest BCUT2D eigenvalue weighted by Gasteiger charge is 2.11. The highest BCUT2D eigenvalue weighted by molar-refractivity contribution is 5.53. The van der Waals surface area contributed by atoms with Gasteiger partial charge in [-0.25, -0.2) is 0 Å². The van der Waals surface area contributed by atoms with Gasteiger partial charge in [-0.05, 0) is 38.1 Å². The van der Waals surface area contributed by atoms with E-state index < -0.39 is 0 Å². The smallest absolute Gasteiger partial charge is 0.138 e. The van der Waals surface area contributed by atoms with E-state index in [1.54, 1.807) is 18.2 Å². The van der Waals surface area contributed by atoms with E-state index in [1.807, 2.05) is 12.1 Å². The third kappa shape index (κ3) is 3.47. The van der Waals surface area contributed by atoms with Crippen LogP contribution in [0.4, 0.5) is 0 Å². The first-order chi connectivity index (χ1) is 9.35. The van der Waals surface area contributed by atoms with Gasteiger partial charge in [-0.3, -0.25) is 4.90 Å². The molecule has 0 aliphatic carbocycles. The molecule has 0 bridgehead atoms. The molecule has 0 saturated carbocycles. The second-order valence-electron chi connectivity index (χ2n) is 4.65. The third-order valence-corrected chi connectivity index (χ3v) is 3.37. The number of rotatable bonds is 4. The summed E-state index contributed by atoms with van der Waals surface area (Å²) in [5.41, 5.74) is 0.710. The number of likely N-dealkylation sites (tertiary alicyclic amines) is 1. The van der Waals surface area contributed by atoms with Crippen molar-refractivity contribution in [1.82, 2.24) is 4.90 Å². The Kier molecular flexibility index (Phi) is 4.78. The van der Waals surface area contributed by atoms with Gasteiger partial charge in [0.1, 0.15) is 30.1 Å². The molecule has 4 nitrogen and oxygen atoms in total. The summed E-state index contributed by atoms with van der Waals surface area (Å²) < 4.78 is 5.66. The van der Waals surface area contributed by atoms with Crippen molar-refractivity contribution in [3.05, 3.63) is 29.3 Å². The van der Waals surface area contributed by atoms with E-state index in [0.29, 0.717) is 23.5 Å². The Labute approximate surface area is 113 Å². The van der Waals surface area contributed by atoms with Crippen LogP contribution >= 0.6 is 0 Å². The summed E-state index contributed by atoms with van der Waals surface area (Å²) in [6.07, 6.45) is 3.83. The summed E-state index contributed by atoms with van der Waals surface area (Å²) in [6.45, 7) is 3.70. The zero-order valence-corrected chi connectivity index (χ0v) is 10.9. The number of nitrogens with zero attached hydrogens (tertiary/aromatic N) is 3. The van der Waals surface area contributed by atoms with E-state index in [2.05, 4.69) is 4.90 Å². The Morgan fingerprint density at radius 3 is 2.58 bits per heavy atom. The summed E-state index contributed by atoms with van der Waals surface area (Å²) >= 11 is 0. The van der Waals surface area contributed by atoms with E-state index >= 15 is 0 Å². The van der Waals surface area contributed by atoms with Gasteiger partial charge in [0.25, 0.3) is 0 Å². The summed E-state index contributed by atoms with van der Waals surface area (Å²) in [5.74, 6) is 0.513. The highest BCUT2D eigenvalue weighted by atomic mass is 16.5. The zero-order chi connectivity index (χ0) is 13.5. The minimum atomic E-state index is 0.337. The fraction of sp³-hybridized carbons (Fsp3) is 0.467. The van der Waals surface area contributed by atoms with E-state index in [1.165, 1.54) is 19.3 Å². The molecule has 1 heterocycles. The molecule has 1 saturated heterocycles. The van der Waals surface area contributed by atoms with E-state index in [4.69, 9.17) is 15.3 Å². The maximum Gasteiger partial charge on any atom is 0.138 e. The van der Waals surface area contributed by atoms with E-state index in [9.17, 15) is 0 Å². The molecule has 0 amide bonds. The number of nitriles is 2. The monoisotopic (exact) mass is 255 g/mol. The number of piperidine rings is 1. The van der Waals surface area contributed by atoms with Gasteiger partial charge in [0.05, 0.1) is 5.56 Å². The highest BCUT2D eigenvalue weighted by Crippen LogP contribution is 2.21. The first kappa shape index (κ1) is 13.4. The third-order valence-electron chi connectivity index (χ3n) is 3.37. The quantitative estimate of drug-likeness (QED) is 0.828. The van der Waals surface area contributed by atoms with Crippen LogP contribution in [-0.4, -0.2) is 31.1 Å². The first-order valence-electron chi connectivity index (χ1n) is 6.63.